The van der Waals surface area contributed by atoms with Crippen molar-refractivity contribution in [3.63, 3.8) is 0 Å². The minimum atomic E-state index is -1.16. The molecule has 0 aromatic heterocycles. The molecule has 1 saturated carbocycles. The first kappa shape index (κ1) is 11.2. The summed E-state index contributed by atoms with van der Waals surface area (Å²) in [6.45, 7) is 0. The molecule has 0 aromatic rings. The van der Waals surface area contributed by atoms with Gasteiger partial charge in [0.05, 0.1) is 0 Å². The minimum absolute atomic E-state index is 0.0225. The van der Waals surface area contributed by atoms with E-state index >= 15 is 0 Å². The molecular weight excluding hydrogens is 187 g/mol. The molecule has 2 nitrogen and oxygen atoms in total. The highest BCUT2D eigenvalue weighted by Gasteiger charge is 2.31. The molecular formula is C12H21BO2. The maximum atomic E-state index is 9.20. The average molecular weight is 208 g/mol. The molecule has 0 aromatic carbocycles. The zero-order valence-corrected chi connectivity index (χ0v) is 9.31. The molecule has 0 radical (unpaired) electrons. The Bertz CT molecular complexity index is 222. The minimum Gasteiger partial charge on any atom is -0.427 e. The largest absolute Gasteiger partial charge is 0.458 e. The molecule has 2 unspecified atom stereocenters. The Morgan fingerprint density at radius 3 is 2.40 bits per heavy atom. The van der Waals surface area contributed by atoms with Crippen LogP contribution in [-0.2, 0) is 0 Å². The number of rotatable bonds is 2. The van der Waals surface area contributed by atoms with Gasteiger partial charge in [0.15, 0.2) is 0 Å². The topological polar surface area (TPSA) is 40.5 Å². The molecule has 84 valence electrons. The Morgan fingerprint density at radius 1 is 1.00 bits per heavy atom. The normalized spacial score (nSPS) is 32.9. The summed E-state index contributed by atoms with van der Waals surface area (Å²) in [6, 6.07) is 0. The van der Waals surface area contributed by atoms with E-state index in [2.05, 4.69) is 6.08 Å². The molecule has 3 heteroatoms. The van der Waals surface area contributed by atoms with Crippen LogP contribution in [0.5, 0.6) is 0 Å². The summed E-state index contributed by atoms with van der Waals surface area (Å²) >= 11 is 0. The van der Waals surface area contributed by atoms with Crippen molar-refractivity contribution < 1.29 is 10.0 Å². The van der Waals surface area contributed by atoms with Gasteiger partial charge in [0.2, 0.25) is 0 Å². The Balaban J connectivity index is 1.90. The summed E-state index contributed by atoms with van der Waals surface area (Å²) in [5.74, 6) is 1.51. The van der Waals surface area contributed by atoms with Gasteiger partial charge in [-0.2, -0.15) is 0 Å². The number of hydrogen-bond acceptors (Lipinski definition) is 2. The first-order valence-electron chi connectivity index (χ1n) is 6.30. The van der Waals surface area contributed by atoms with Gasteiger partial charge >= 0.3 is 7.12 Å². The van der Waals surface area contributed by atoms with E-state index in [4.69, 9.17) is 0 Å². The van der Waals surface area contributed by atoms with E-state index in [9.17, 15) is 10.0 Å². The highest BCUT2D eigenvalue weighted by Crippen LogP contribution is 2.39. The Kier molecular flexibility index (Phi) is 3.87. The number of allylic oxidation sites excluding steroid dienone is 2. The maximum Gasteiger partial charge on any atom is 0.458 e. The molecule has 1 fully saturated rings. The summed E-state index contributed by atoms with van der Waals surface area (Å²) < 4.78 is 0. The molecule has 0 bridgehead atoms. The highest BCUT2D eigenvalue weighted by molar-refractivity contribution is 6.43. The first-order valence-corrected chi connectivity index (χ1v) is 6.30. The third-order valence-corrected chi connectivity index (χ3v) is 4.10. The lowest BCUT2D eigenvalue weighted by Crippen LogP contribution is -2.27. The summed E-state index contributed by atoms with van der Waals surface area (Å²) in [5, 5.41) is 18.4. The molecule has 2 N–H and O–H groups in total. The van der Waals surface area contributed by atoms with Crippen molar-refractivity contribution >= 4 is 7.12 Å². The number of hydrogen-bond donors (Lipinski definition) is 2. The Labute approximate surface area is 92.5 Å². The van der Waals surface area contributed by atoms with E-state index in [0.717, 1.165) is 18.8 Å². The predicted molar refractivity (Wildman–Crippen MR) is 62.4 cm³/mol. The molecule has 2 rings (SSSR count). The van der Waals surface area contributed by atoms with Crippen molar-refractivity contribution in [1.82, 2.24) is 0 Å². The molecule has 2 atom stereocenters. The maximum absolute atomic E-state index is 9.20. The standard InChI is InChI=1S/C12H21BO2/c14-13(15)12-8-4-7-11(9-12)10-5-2-1-3-6-10/h4,8,10-12,14-15H,1-3,5-7,9H2. The summed E-state index contributed by atoms with van der Waals surface area (Å²) in [5.41, 5.74) is 0. The van der Waals surface area contributed by atoms with Gasteiger partial charge in [-0.3, -0.25) is 0 Å². The van der Waals surface area contributed by atoms with Crippen LogP contribution in [-0.4, -0.2) is 17.2 Å². The van der Waals surface area contributed by atoms with Crippen molar-refractivity contribution in [3.8, 4) is 0 Å². The van der Waals surface area contributed by atoms with Crippen LogP contribution in [0.3, 0.4) is 0 Å². The molecule has 2 aliphatic rings. The van der Waals surface area contributed by atoms with Crippen LogP contribution in [0, 0.1) is 11.8 Å². The van der Waals surface area contributed by atoms with E-state index in [0.29, 0.717) is 5.92 Å². The molecule has 15 heavy (non-hydrogen) atoms. The zero-order valence-electron chi connectivity index (χ0n) is 9.31. The van der Waals surface area contributed by atoms with Crippen LogP contribution in [0.25, 0.3) is 0 Å². The highest BCUT2D eigenvalue weighted by atomic mass is 16.4. The average Bonchev–Trinajstić information content (AvgIpc) is 2.30. The van der Waals surface area contributed by atoms with Crippen LogP contribution in [0.15, 0.2) is 12.2 Å². The van der Waals surface area contributed by atoms with Crippen LogP contribution in [0.4, 0.5) is 0 Å². The molecule has 0 heterocycles. The SMILES string of the molecule is OB(O)C1C=CCC(C2CCCCC2)C1. The second-order valence-corrected chi connectivity index (χ2v) is 5.14. The molecule has 0 spiro atoms. The van der Waals surface area contributed by atoms with Crippen molar-refractivity contribution in [3.05, 3.63) is 12.2 Å². The van der Waals surface area contributed by atoms with Gasteiger partial charge in [0.1, 0.15) is 0 Å². The van der Waals surface area contributed by atoms with Crippen molar-refractivity contribution in [2.75, 3.05) is 0 Å². The lowest BCUT2D eigenvalue weighted by Gasteiger charge is -2.33. The smallest absolute Gasteiger partial charge is 0.427 e. The Hall–Kier alpha value is -0.275. The predicted octanol–water partition coefficient (Wildman–Crippen LogP) is 2.38. The lowest BCUT2D eigenvalue weighted by atomic mass is 9.62. The summed E-state index contributed by atoms with van der Waals surface area (Å²) in [4.78, 5) is 0. The second kappa shape index (κ2) is 5.17. The third-order valence-electron chi connectivity index (χ3n) is 4.10. The van der Waals surface area contributed by atoms with Crippen molar-refractivity contribution in [2.45, 2.75) is 50.8 Å². The van der Waals surface area contributed by atoms with Crippen LogP contribution < -0.4 is 0 Å². The second-order valence-electron chi connectivity index (χ2n) is 5.14. The van der Waals surface area contributed by atoms with Gasteiger partial charge in [0, 0.05) is 5.82 Å². The summed E-state index contributed by atoms with van der Waals surface area (Å²) in [7, 11) is -1.16. The monoisotopic (exact) mass is 208 g/mol. The van der Waals surface area contributed by atoms with E-state index in [1.54, 1.807) is 0 Å². The zero-order chi connectivity index (χ0) is 10.7. The lowest BCUT2D eigenvalue weighted by molar-refractivity contribution is 0.227. The molecule has 2 aliphatic carbocycles. The Morgan fingerprint density at radius 2 is 1.73 bits per heavy atom. The fourth-order valence-electron chi connectivity index (χ4n) is 3.16. The fourth-order valence-corrected chi connectivity index (χ4v) is 3.16. The van der Waals surface area contributed by atoms with E-state index in [-0.39, 0.29) is 5.82 Å². The van der Waals surface area contributed by atoms with E-state index in [1.807, 2.05) is 6.08 Å². The van der Waals surface area contributed by atoms with Crippen molar-refractivity contribution in [2.24, 2.45) is 11.8 Å². The molecule has 0 saturated heterocycles. The quantitative estimate of drug-likeness (QED) is 0.540. The van der Waals surface area contributed by atoms with Gasteiger partial charge in [-0.15, -0.1) is 0 Å². The van der Waals surface area contributed by atoms with Crippen LogP contribution in [0.1, 0.15) is 44.9 Å². The van der Waals surface area contributed by atoms with E-state index < -0.39 is 7.12 Å². The van der Waals surface area contributed by atoms with Gasteiger partial charge in [0.25, 0.3) is 0 Å². The fraction of sp³-hybridized carbons (Fsp3) is 0.833. The molecule has 0 aliphatic heterocycles. The van der Waals surface area contributed by atoms with Gasteiger partial charge in [-0.1, -0.05) is 44.3 Å². The first-order chi connectivity index (χ1) is 7.27. The van der Waals surface area contributed by atoms with Crippen LogP contribution >= 0.6 is 0 Å². The van der Waals surface area contributed by atoms with Crippen molar-refractivity contribution in [1.29, 1.82) is 0 Å². The van der Waals surface area contributed by atoms with E-state index in [1.165, 1.54) is 32.1 Å². The van der Waals surface area contributed by atoms with Crippen LogP contribution in [0.2, 0.25) is 5.82 Å². The molecule has 0 amide bonds. The third kappa shape index (κ3) is 2.85. The van der Waals surface area contributed by atoms with Gasteiger partial charge in [-0.25, -0.2) is 0 Å². The van der Waals surface area contributed by atoms with Gasteiger partial charge in [-0.05, 0) is 24.7 Å². The summed E-state index contributed by atoms with van der Waals surface area (Å²) in [6.07, 6.45) is 13.1. The van der Waals surface area contributed by atoms with Gasteiger partial charge < -0.3 is 10.0 Å².